The van der Waals surface area contributed by atoms with E-state index in [4.69, 9.17) is 5.11 Å². The number of hydrogen-bond acceptors (Lipinski definition) is 3. The zero-order valence-electron chi connectivity index (χ0n) is 9.04. The standard InChI is InChI=1S/C9H20N2O2S/c1-7(4-5-12)11-9(13)10-6-8(2)14-3/h7-8,12H,4-6H2,1-3H3,(H2,10,11,13)/t7-,8?/m1/s1. The molecule has 0 spiro atoms. The Morgan fingerprint density at radius 2 is 2.14 bits per heavy atom. The van der Waals surface area contributed by atoms with Crippen molar-refractivity contribution in [2.45, 2.75) is 31.6 Å². The third kappa shape index (κ3) is 7.03. The minimum atomic E-state index is -0.160. The second kappa shape index (κ2) is 7.94. The van der Waals surface area contributed by atoms with Crippen molar-refractivity contribution in [1.82, 2.24) is 10.6 Å². The van der Waals surface area contributed by atoms with E-state index in [-0.39, 0.29) is 18.7 Å². The third-order valence-corrected chi connectivity index (χ3v) is 2.86. The summed E-state index contributed by atoms with van der Waals surface area (Å²) >= 11 is 1.71. The summed E-state index contributed by atoms with van der Waals surface area (Å²) in [7, 11) is 0. The van der Waals surface area contributed by atoms with Gasteiger partial charge in [-0.3, -0.25) is 0 Å². The second-order valence-corrected chi connectivity index (χ2v) is 4.59. The molecule has 84 valence electrons. The van der Waals surface area contributed by atoms with Gasteiger partial charge < -0.3 is 15.7 Å². The Bertz CT molecular complexity index is 167. The molecule has 0 saturated heterocycles. The predicted octanol–water partition coefficient (Wildman–Crippen LogP) is 0.808. The summed E-state index contributed by atoms with van der Waals surface area (Å²) in [6.07, 6.45) is 2.60. The molecule has 3 N–H and O–H groups in total. The summed E-state index contributed by atoms with van der Waals surface area (Å²) in [6, 6.07) is -0.142. The number of nitrogens with one attached hydrogen (secondary N) is 2. The van der Waals surface area contributed by atoms with E-state index in [2.05, 4.69) is 17.6 Å². The third-order valence-electron chi connectivity index (χ3n) is 1.89. The van der Waals surface area contributed by atoms with Crippen molar-refractivity contribution in [2.24, 2.45) is 0 Å². The van der Waals surface area contributed by atoms with Crippen LogP contribution in [0.25, 0.3) is 0 Å². The van der Waals surface area contributed by atoms with Crippen LogP contribution < -0.4 is 10.6 Å². The highest BCUT2D eigenvalue weighted by Gasteiger charge is 2.07. The lowest BCUT2D eigenvalue weighted by molar-refractivity contribution is 0.231. The maximum absolute atomic E-state index is 11.2. The van der Waals surface area contributed by atoms with Crippen molar-refractivity contribution in [3.05, 3.63) is 0 Å². The molecule has 0 aromatic heterocycles. The van der Waals surface area contributed by atoms with Crippen LogP contribution in [0.15, 0.2) is 0 Å². The molecule has 0 aliphatic carbocycles. The normalized spacial score (nSPS) is 14.6. The Kier molecular flexibility index (Phi) is 7.70. The van der Waals surface area contributed by atoms with Crippen LogP contribution in [0.1, 0.15) is 20.3 Å². The molecule has 0 bridgehead atoms. The van der Waals surface area contributed by atoms with Crippen molar-refractivity contribution >= 4 is 17.8 Å². The average molecular weight is 220 g/mol. The number of aliphatic hydroxyl groups excluding tert-OH is 1. The molecular weight excluding hydrogens is 200 g/mol. The average Bonchev–Trinajstić information content (AvgIpc) is 2.14. The van der Waals surface area contributed by atoms with Crippen LogP contribution in [0, 0.1) is 0 Å². The van der Waals surface area contributed by atoms with E-state index in [9.17, 15) is 4.79 Å². The first-order chi connectivity index (χ1) is 6.60. The number of thioether (sulfide) groups is 1. The molecule has 2 atom stereocenters. The number of urea groups is 1. The maximum Gasteiger partial charge on any atom is 0.315 e. The number of amides is 2. The second-order valence-electron chi connectivity index (χ2n) is 3.31. The summed E-state index contributed by atoms with van der Waals surface area (Å²) < 4.78 is 0. The molecule has 0 saturated carbocycles. The molecule has 0 heterocycles. The van der Waals surface area contributed by atoms with Crippen molar-refractivity contribution < 1.29 is 9.90 Å². The SMILES string of the molecule is CSC(C)CNC(=O)N[C@H](C)CCO. The van der Waals surface area contributed by atoms with E-state index in [0.717, 1.165) is 0 Å². The lowest BCUT2D eigenvalue weighted by Crippen LogP contribution is -2.42. The molecule has 0 aliphatic heterocycles. The highest BCUT2D eigenvalue weighted by atomic mass is 32.2. The van der Waals surface area contributed by atoms with Crippen LogP contribution in [0.2, 0.25) is 0 Å². The number of aliphatic hydroxyl groups is 1. The minimum absolute atomic E-state index is 0.0181. The lowest BCUT2D eigenvalue weighted by Gasteiger charge is -2.14. The fourth-order valence-electron chi connectivity index (χ4n) is 0.860. The first-order valence-corrected chi connectivity index (χ1v) is 6.07. The van der Waals surface area contributed by atoms with Gasteiger partial charge in [0.05, 0.1) is 0 Å². The molecule has 0 aliphatic rings. The van der Waals surface area contributed by atoms with Crippen LogP contribution in [-0.2, 0) is 0 Å². The fourth-order valence-corrected chi connectivity index (χ4v) is 1.11. The first-order valence-electron chi connectivity index (χ1n) is 4.78. The summed E-state index contributed by atoms with van der Waals surface area (Å²) in [4.78, 5) is 11.2. The van der Waals surface area contributed by atoms with Gasteiger partial charge in [-0.2, -0.15) is 11.8 Å². The van der Waals surface area contributed by atoms with Gasteiger partial charge in [0.15, 0.2) is 0 Å². The highest BCUT2D eigenvalue weighted by Crippen LogP contribution is 2.02. The Balaban J connectivity index is 3.54. The van der Waals surface area contributed by atoms with E-state index in [1.54, 1.807) is 11.8 Å². The predicted molar refractivity (Wildman–Crippen MR) is 60.7 cm³/mol. The van der Waals surface area contributed by atoms with Gasteiger partial charge in [0.1, 0.15) is 0 Å². The molecule has 0 fully saturated rings. The number of rotatable bonds is 6. The van der Waals surface area contributed by atoms with E-state index in [0.29, 0.717) is 18.2 Å². The monoisotopic (exact) mass is 220 g/mol. The largest absolute Gasteiger partial charge is 0.396 e. The molecule has 0 aromatic rings. The Morgan fingerprint density at radius 3 is 2.64 bits per heavy atom. The molecule has 1 unspecified atom stereocenters. The molecule has 0 rings (SSSR count). The molecule has 0 aromatic carbocycles. The Labute approximate surface area is 89.8 Å². The summed E-state index contributed by atoms with van der Waals surface area (Å²) in [5.74, 6) is 0. The fraction of sp³-hybridized carbons (Fsp3) is 0.889. The topological polar surface area (TPSA) is 61.4 Å². The maximum atomic E-state index is 11.2. The zero-order valence-corrected chi connectivity index (χ0v) is 9.86. The lowest BCUT2D eigenvalue weighted by atomic mass is 10.2. The number of carbonyl (C=O) groups is 1. The van der Waals surface area contributed by atoms with E-state index in [1.807, 2.05) is 13.2 Å². The first kappa shape index (κ1) is 13.6. The van der Waals surface area contributed by atoms with Crippen LogP contribution in [0.5, 0.6) is 0 Å². The zero-order chi connectivity index (χ0) is 11.0. The smallest absolute Gasteiger partial charge is 0.315 e. The van der Waals surface area contributed by atoms with Crippen molar-refractivity contribution in [3.8, 4) is 0 Å². The Morgan fingerprint density at radius 1 is 1.50 bits per heavy atom. The molecular formula is C9H20N2O2S. The van der Waals surface area contributed by atoms with E-state index >= 15 is 0 Å². The van der Waals surface area contributed by atoms with Gasteiger partial charge >= 0.3 is 6.03 Å². The summed E-state index contributed by atoms with van der Waals surface area (Å²) in [5.41, 5.74) is 0. The molecule has 4 nitrogen and oxygen atoms in total. The van der Waals surface area contributed by atoms with Gasteiger partial charge in [-0.15, -0.1) is 0 Å². The van der Waals surface area contributed by atoms with Gasteiger partial charge in [-0.05, 0) is 19.6 Å². The minimum Gasteiger partial charge on any atom is -0.396 e. The molecule has 0 radical (unpaired) electrons. The number of carbonyl (C=O) groups excluding carboxylic acids is 1. The highest BCUT2D eigenvalue weighted by molar-refractivity contribution is 7.99. The van der Waals surface area contributed by atoms with Gasteiger partial charge in [-0.1, -0.05) is 6.92 Å². The van der Waals surface area contributed by atoms with Crippen LogP contribution in [-0.4, -0.2) is 41.8 Å². The quantitative estimate of drug-likeness (QED) is 0.621. The number of hydrogen-bond donors (Lipinski definition) is 3. The summed E-state index contributed by atoms with van der Waals surface area (Å²) in [6.45, 7) is 4.69. The van der Waals surface area contributed by atoms with Gasteiger partial charge in [-0.25, -0.2) is 4.79 Å². The van der Waals surface area contributed by atoms with Crippen molar-refractivity contribution in [3.63, 3.8) is 0 Å². The Hall–Kier alpha value is -0.420. The van der Waals surface area contributed by atoms with E-state index < -0.39 is 0 Å². The van der Waals surface area contributed by atoms with Crippen LogP contribution >= 0.6 is 11.8 Å². The molecule has 5 heteroatoms. The summed E-state index contributed by atoms with van der Waals surface area (Å²) in [5, 5.41) is 14.6. The van der Waals surface area contributed by atoms with Gasteiger partial charge in [0, 0.05) is 24.4 Å². The van der Waals surface area contributed by atoms with Crippen molar-refractivity contribution in [2.75, 3.05) is 19.4 Å². The van der Waals surface area contributed by atoms with Gasteiger partial charge in [0.2, 0.25) is 0 Å². The van der Waals surface area contributed by atoms with Crippen LogP contribution in [0.4, 0.5) is 4.79 Å². The van der Waals surface area contributed by atoms with Gasteiger partial charge in [0.25, 0.3) is 0 Å². The van der Waals surface area contributed by atoms with E-state index in [1.165, 1.54) is 0 Å². The van der Waals surface area contributed by atoms with Crippen molar-refractivity contribution in [1.29, 1.82) is 0 Å². The molecule has 14 heavy (non-hydrogen) atoms. The molecule has 2 amide bonds. The van der Waals surface area contributed by atoms with Crippen LogP contribution in [0.3, 0.4) is 0 Å².